The molecule has 1 aromatic rings. The van der Waals surface area contributed by atoms with Crippen molar-refractivity contribution in [2.24, 2.45) is 5.73 Å². The SMILES string of the molecule is N=C(N)c1cn[nH]c1NS(=O)(=O)N1CCCCCC1. The van der Waals surface area contributed by atoms with Crippen LogP contribution in [0.15, 0.2) is 6.20 Å². The van der Waals surface area contributed by atoms with Gasteiger partial charge in [-0.1, -0.05) is 12.8 Å². The number of rotatable bonds is 4. The van der Waals surface area contributed by atoms with Crippen molar-refractivity contribution in [3.63, 3.8) is 0 Å². The van der Waals surface area contributed by atoms with E-state index in [0.29, 0.717) is 13.1 Å². The van der Waals surface area contributed by atoms with Crippen LogP contribution in [0.5, 0.6) is 0 Å². The van der Waals surface area contributed by atoms with Gasteiger partial charge in [0.05, 0.1) is 11.8 Å². The Morgan fingerprint density at radius 1 is 1.37 bits per heavy atom. The highest BCUT2D eigenvalue weighted by atomic mass is 32.2. The van der Waals surface area contributed by atoms with Crippen molar-refractivity contribution in [2.75, 3.05) is 17.8 Å². The fourth-order valence-corrected chi connectivity index (χ4v) is 3.33. The number of nitrogens with one attached hydrogen (secondary N) is 3. The van der Waals surface area contributed by atoms with Gasteiger partial charge in [0.25, 0.3) is 0 Å². The van der Waals surface area contributed by atoms with Crippen molar-refractivity contribution < 1.29 is 8.42 Å². The van der Waals surface area contributed by atoms with Gasteiger partial charge < -0.3 is 5.73 Å². The smallest absolute Gasteiger partial charge is 0.302 e. The number of aromatic nitrogens is 2. The number of nitrogens with two attached hydrogens (primary N) is 1. The van der Waals surface area contributed by atoms with Gasteiger partial charge in [0.1, 0.15) is 11.7 Å². The van der Waals surface area contributed by atoms with Gasteiger partial charge in [0.2, 0.25) is 0 Å². The van der Waals surface area contributed by atoms with E-state index in [1.54, 1.807) is 0 Å². The molecule has 1 saturated heterocycles. The first-order valence-corrected chi connectivity index (χ1v) is 7.60. The lowest BCUT2D eigenvalue weighted by atomic mass is 10.2. The van der Waals surface area contributed by atoms with Crippen molar-refractivity contribution >= 4 is 21.9 Å². The largest absolute Gasteiger partial charge is 0.384 e. The molecule has 0 bridgehead atoms. The minimum atomic E-state index is -3.63. The van der Waals surface area contributed by atoms with E-state index in [1.807, 2.05) is 0 Å². The van der Waals surface area contributed by atoms with E-state index in [4.69, 9.17) is 11.1 Å². The molecule has 0 amide bonds. The van der Waals surface area contributed by atoms with E-state index >= 15 is 0 Å². The third kappa shape index (κ3) is 3.24. The highest BCUT2D eigenvalue weighted by molar-refractivity contribution is 7.90. The standard InChI is InChI=1S/C10H18N6O2S/c11-9(12)8-7-13-14-10(8)15-19(17,18)16-5-3-1-2-4-6-16/h7H,1-6H2,(H3,11,12)(H2,13,14,15). The van der Waals surface area contributed by atoms with Crippen molar-refractivity contribution in [1.82, 2.24) is 14.5 Å². The third-order valence-electron chi connectivity index (χ3n) is 3.07. The first kappa shape index (κ1) is 13.8. The quantitative estimate of drug-likeness (QED) is 0.466. The van der Waals surface area contributed by atoms with Gasteiger partial charge in [-0.05, 0) is 12.8 Å². The molecule has 0 radical (unpaired) electrons. The van der Waals surface area contributed by atoms with Crippen LogP contribution in [0.3, 0.4) is 0 Å². The van der Waals surface area contributed by atoms with Gasteiger partial charge >= 0.3 is 10.2 Å². The number of anilines is 1. The van der Waals surface area contributed by atoms with Crippen LogP contribution >= 0.6 is 0 Å². The zero-order valence-electron chi connectivity index (χ0n) is 10.5. The van der Waals surface area contributed by atoms with Crippen LogP contribution in [0, 0.1) is 5.41 Å². The zero-order valence-corrected chi connectivity index (χ0v) is 11.3. The molecule has 19 heavy (non-hydrogen) atoms. The lowest BCUT2D eigenvalue weighted by molar-refractivity contribution is 0.427. The zero-order chi connectivity index (χ0) is 13.9. The summed E-state index contributed by atoms with van der Waals surface area (Å²) in [4.78, 5) is 0. The van der Waals surface area contributed by atoms with Gasteiger partial charge in [-0.3, -0.25) is 15.2 Å². The Morgan fingerprint density at radius 3 is 2.58 bits per heavy atom. The van der Waals surface area contributed by atoms with Crippen LogP contribution in [0.2, 0.25) is 0 Å². The molecule has 9 heteroatoms. The second-order valence-corrected chi connectivity index (χ2v) is 6.16. The maximum atomic E-state index is 12.2. The molecule has 0 unspecified atom stereocenters. The normalized spacial score (nSPS) is 17.9. The Balaban J connectivity index is 2.16. The van der Waals surface area contributed by atoms with E-state index in [0.717, 1.165) is 25.7 Å². The summed E-state index contributed by atoms with van der Waals surface area (Å²) in [7, 11) is -3.63. The molecule has 2 heterocycles. The van der Waals surface area contributed by atoms with Gasteiger partial charge in [-0.2, -0.15) is 17.8 Å². The first-order valence-electron chi connectivity index (χ1n) is 6.16. The number of H-pyrrole nitrogens is 1. The highest BCUT2D eigenvalue weighted by Gasteiger charge is 2.24. The molecule has 1 aromatic heterocycles. The van der Waals surface area contributed by atoms with Crippen LogP contribution in [0.1, 0.15) is 31.2 Å². The molecule has 1 aliphatic heterocycles. The summed E-state index contributed by atoms with van der Waals surface area (Å²) < 4.78 is 28.3. The van der Waals surface area contributed by atoms with E-state index < -0.39 is 10.2 Å². The lowest BCUT2D eigenvalue weighted by Crippen LogP contribution is -2.37. The van der Waals surface area contributed by atoms with E-state index in [2.05, 4.69) is 14.9 Å². The molecule has 1 fully saturated rings. The Kier molecular flexibility index (Phi) is 4.05. The van der Waals surface area contributed by atoms with Crippen LogP contribution in [0.4, 0.5) is 5.82 Å². The van der Waals surface area contributed by atoms with Crippen molar-refractivity contribution in [3.05, 3.63) is 11.8 Å². The Hall–Kier alpha value is -1.61. The monoisotopic (exact) mass is 286 g/mol. The van der Waals surface area contributed by atoms with Crippen molar-refractivity contribution in [3.8, 4) is 0 Å². The van der Waals surface area contributed by atoms with Crippen LogP contribution in [-0.2, 0) is 10.2 Å². The maximum absolute atomic E-state index is 12.2. The maximum Gasteiger partial charge on any atom is 0.302 e. The van der Waals surface area contributed by atoms with Crippen LogP contribution < -0.4 is 10.5 Å². The van der Waals surface area contributed by atoms with Gasteiger partial charge in [0, 0.05) is 13.1 Å². The van der Waals surface area contributed by atoms with Crippen LogP contribution in [-0.4, -0.2) is 41.8 Å². The minimum Gasteiger partial charge on any atom is -0.384 e. The van der Waals surface area contributed by atoms with Gasteiger partial charge in [-0.15, -0.1) is 0 Å². The number of amidine groups is 1. The molecule has 0 atom stereocenters. The molecule has 0 spiro atoms. The molecule has 0 aliphatic carbocycles. The highest BCUT2D eigenvalue weighted by Crippen LogP contribution is 2.17. The van der Waals surface area contributed by atoms with E-state index in [-0.39, 0.29) is 17.2 Å². The molecule has 106 valence electrons. The summed E-state index contributed by atoms with van der Waals surface area (Å²) in [6, 6.07) is 0. The molecule has 1 aliphatic rings. The lowest BCUT2D eigenvalue weighted by Gasteiger charge is -2.20. The molecule has 5 N–H and O–H groups in total. The van der Waals surface area contributed by atoms with Crippen LogP contribution in [0.25, 0.3) is 0 Å². The summed E-state index contributed by atoms with van der Waals surface area (Å²) in [6.45, 7) is 1.03. The fraction of sp³-hybridized carbons (Fsp3) is 0.600. The molecule has 8 nitrogen and oxygen atoms in total. The number of nitrogens with zero attached hydrogens (tertiary/aromatic N) is 2. The minimum absolute atomic E-state index is 0.136. The first-order chi connectivity index (χ1) is 9.00. The summed E-state index contributed by atoms with van der Waals surface area (Å²) >= 11 is 0. The summed E-state index contributed by atoms with van der Waals surface area (Å²) in [5, 5.41) is 13.6. The van der Waals surface area contributed by atoms with Crippen molar-refractivity contribution in [1.29, 1.82) is 5.41 Å². The topological polar surface area (TPSA) is 128 Å². The number of nitrogen functional groups attached to an aromatic ring is 1. The predicted molar refractivity (Wildman–Crippen MR) is 72.2 cm³/mol. The molecular formula is C10H18N6O2S. The number of aromatic amines is 1. The predicted octanol–water partition coefficient (Wildman–Crippen LogP) is 0.226. The Labute approximate surface area is 112 Å². The second-order valence-electron chi connectivity index (χ2n) is 4.49. The Bertz CT molecular complexity index is 544. The average molecular weight is 286 g/mol. The van der Waals surface area contributed by atoms with E-state index in [1.165, 1.54) is 10.5 Å². The molecular weight excluding hydrogens is 268 g/mol. The fourth-order valence-electron chi connectivity index (χ4n) is 2.04. The van der Waals surface area contributed by atoms with E-state index in [9.17, 15) is 8.42 Å². The Morgan fingerprint density at radius 2 is 2.00 bits per heavy atom. The summed E-state index contributed by atoms with van der Waals surface area (Å²) in [5.41, 5.74) is 5.60. The summed E-state index contributed by atoms with van der Waals surface area (Å²) in [5.74, 6) is -0.0981. The molecule has 0 saturated carbocycles. The number of hydrogen-bond acceptors (Lipinski definition) is 4. The second kappa shape index (κ2) is 5.57. The van der Waals surface area contributed by atoms with Gasteiger partial charge in [0.15, 0.2) is 0 Å². The van der Waals surface area contributed by atoms with Crippen molar-refractivity contribution in [2.45, 2.75) is 25.7 Å². The molecule has 0 aromatic carbocycles. The molecule has 2 rings (SSSR count). The number of hydrogen-bond donors (Lipinski definition) is 4. The third-order valence-corrected chi connectivity index (χ3v) is 4.57. The van der Waals surface area contributed by atoms with Gasteiger partial charge in [-0.25, -0.2) is 0 Å². The average Bonchev–Trinajstić information content (AvgIpc) is 2.63. The summed E-state index contributed by atoms with van der Waals surface area (Å²) in [6.07, 6.45) is 5.15.